The number of rotatable bonds is 4. The zero-order valence-corrected chi connectivity index (χ0v) is 12.2. The molecule has 2 rings (SSSR count). The highest BCUT2D eigenvalue weighted by atomic mass is 32.2. The standard InChI is InChI=1S/C12H20N4O2S/c1-3-13-12-10-11(4-5-14-12)15-6-8-16(9-7-15)19(2,17)18/h4-5,10H,3,6-9H2,1-2H3,(H,13,14). The van der Waals surface area contributed by atoms with Gasteiger partial charge in [-0.3, -0.25) is 0 Å². The Morgan fingerprint density at radius 2 is 2.00 bits per heavy atom. The molecule has 1 fully saturated rings. The fourth-order valence-corrected chi connectivity index (χ4v) is 3.00. The summed E-state index contributed by atoms with van der Waals surface area (Å²) < 4.78 is 24.4. The lowest BCUT2D eigenvalue weighted by Crippen LogP contribution is -2.48. The maximum atomic E-state index is 11.5. The van der Waals surface area contributed by atoms with Gasteiger partial charge in [0.05, 0.1) is 6.26 Å². The van der Waals surface area contributed by atoms with Crippen molar-refractivity contribution in [2.24, 2.45) is 0 Å². The van der Waals surface area contributed by atoms with Gasteiger partial charge in [-0.05, 0) is 13.0 Å². The summed E-state index contributed by atoms with van der Waals surface area (Å²) in [6.45, 7) is 5.36. The highest BCUT2D eigenvalue weighted by Gasteiger charge is 2.23. The Morgan fingerprint density at radius 1 is 1.32 bits per heavy atom. The smallest absolute Gasteiger partial charge is 0.211 e. The third-order valence-corrected chi connectivity index (χ3v) is 4.48. The lowest BCUT2D eigenvalue weighted by molar-refractivity contribution is 0.388. The quantitative estimate of drug-likeness (QED) is 0.877. The molecule has 0 amide bonds. The summed E-state index contributed by atoms with van der Waals surface area (Å²) >= 11 is 0. The van der Waals surface area contributed by atoms with E-state index in [1.54, 1.807) is 6.20 Å². The van der Waals surface area contributed by atoms with Crippen LogP contribution in [0.3, 0.4) is 0 Å². The third-order valence-electron chi connectivity index (χ3n) is 3.17. The Hall–Kier alpha value is -1.34. The highest BCUT2D eigenvalue weighted by molar-refractivity contribution is 7.88. The zero-order chi connectivity index (χ0) is 13.9. The van der Waals surface area contributed by atoms with E-state index in [9.17, 15) is 8.42 Å². The molecule has 2 heterocycles. The molecule has 0 radical (unpaired) electrons. The molecule has 106 valence electrons. The highest BCUT2D eigenvalue weighted by Crippen LogP contribution is 2.19. The molecular formula is C12H20N4O2S. The van der Waals surface area contributed by atoms with E-state index in [2.05, 4.69) is 15.2 Å². The Balaban J connectivity index is 2.03. The monoisotopic (exact) mass is 284 g/mol. The second kappa shape index (κ2) is 5.75. The summed E-state index contributed by atoms with van der Waals surface area (Å²) in [7, 11) is -3.07. The average Bonchev–Trinajstić information content (AvgIpc) is 2.39. The van der Waals surface area contributed by atoms with E-state index >= 15 is 0 Å². The molecule has 0 unspecified atom stereocenters. The molecule has 1 aliphatic rings. The van der Waals surface area contributed by atoms with Gasteiger partial charge in [-0.1, -0.05) is 0 Å². The molecule has 1 aromatic rings. The van der Waals surface area contributed by atoms with E-state index in [1.165, 1.54) is 10.6 Å². The van der Waals surface area contributed by atoms with Crippen LogP contribution >= 0.6 is 0 Å². The van der Waals surface area contributed by atoms with Crippen molar-refractivity contribution in [1.29, 1.82) is 0 Å². The topological polar surface area (TPSA) is 65.5 Å². The van der Waals surface area contributed by atoms with Gasteiger partial charge in [-0.15, -0.1) is 0 Å². The molecule has 0 bridgehead atoms. The first-order valence-corrected chi connectivity index (χ1v) is 8.25. The van der Waals surface area contributed by atoms with Gasteiger partial charge in [0, 0.05) is 50.7 Å². The lowest BCUT2D eigenvalue weighted by atomic mass is 10.3. The third kappa shape index (κ3) is 3.57. The van der Waals surface area contributed by atoms with E-state index in [1.807, 2.05) is 19.1 Å². The molecule has 0 atom stereocenters. The molecule has 0 saturated carbocycles. The zero-order valence-electron chi connectivity index (χ0n) is 11.3. The number of anilines is 2. The summed E-state index contributed by atoms with van der Waals surface area (Å²) in [4.78, 5) is 6.42. The van der Waals surface area contributed by atoms with Crippen molar-refractivity contribution in [2.75, 3.05) is 49.2 Å². The van der Waals surface area contributed by atoms with E-state index in [0.29, 0.717) is 26.2 Å². The summed E-state index contributed by atoms with van der Waals surface area (Å²) in [5.41, 5.74) is 1.08. The van der Waals surface area contributed by atoms with E-state index < -0.39 is 10.0 Å². The van der Waals surface area contributed by atoms with Crippen LogP contribution in [0.25, 0.3) is 0 Å². The van der Waals surface area contributed by atoms with Crippen LogP contribution in [0.5, 0.6) is 0 Å². The van der Waals surface area contributed by atoms with Crippen molar-refractivity contribution < 1.29 is 8.42 Å². The van der Waals surface area contributed by atoms with E-state index in [4.69, 9.17) is 0 Å². The lowest BCUT2D eigenvalue weighted by Gasteiger charge is -2.34. The van der Waals surface area contributed by atoms with Gasteiger partial charge in [-0.2, -0.15) is 4.31 Å². The van der Waals surface area contributed by atoms with Crippen molar-refractivity contribution in [3.05, 3.63) is 18.3 Å². The van der Waals surface area contributed by atoms with Crippen molar-refractivity contribution in [3.63, 3.8) is 0 Å². The fourth-order valence-electron chi connectivity index (χ4n) is 2.17. The van der Waals surface area contributed by atoms with Gasteiger partial charge < -0.3 is 10.2 Å². The first-order valence-electron chi connectivity index (χ1n) is 6.40. The van der Waals surface area contributed by atoms with E-state index in [-0.39, 0.29) is 0 Å². The Morgan fingerprint density at radius 3 is 2.58 bits per heavy atom. The number of nitrogens with one attached hydrogen (secondary N) is 1. The van der Waals surface area contributed by atoms with Gasteiger partial charge in [0.2, 0.25) is 10.0 Å². The summed E-state index contributed by atoms with van der Waals surface area (Å²) in [6.07, 6.45) is 3.04. The summed E-state index contributed by atoms with van der Waals surface area (Å²) in [5.74, 6) is 0.852. The van der Waals surface area contributed by atoms with Crippen LogP contribution in [-0.2, 0) is 10.0 Å². The number of hydrogen-bond donors (Lipinski definition) is 1. The van der Waals surface area contributed by atoms with E-state index in [0.717, 1.165) is 18.1 Å². The van der Waals surface area contributed by atoms with Crippen LogP contribution in [0.4, 0.5) is 11.5 Å². The van der Waals surface area contributed by atoms with Crippen molar-refractivity contribution in [2.45, 2.75) is 6.92 Å². The fraction of sp³-hybridized carbons (Fsp3) is 0.583. The number of piperazine rings is 1. The molecule has 1 aliphatic heterocycles. The van der Waals surface area contributed by atoms with Gasteiger partial charge in [0.25, 0.3) is 0 Å². The van der Waals surface area contributed by atoms with Gasteiger partial charge >= 0.3 is 0 Å². The molecule has 1 aromatic heterocycles. The average molecular weight is 284 g/mol. The SMILES string of the molecule is CCNc1cc(N2CCN(S(C)(=O)=O)CC2)ccn1. The van der Waals surface area contributed by atoms with Crippen LogP contribution in [0.1, 0.15) is 6.92 Å². The maximum Gasteiger partial charge on any atom is 0.211 e. The van der Waals surface area contributed by atoms with Crippen LogP contribution in [0, 0.1) is 0 Å². The van der Waals surface area contributed by atoms with Crippen molar-refractivity contribution >= 4 is 21.5 Å². The molecule has 0 spiro atoms. The molecule has 0 aliphatic carbocycles. The minimum Gasteiger partial charge on any atom is -0.370 e. The molecule has 0 aromatic carbocycles. The molecular weight excluding hydrogens is 264 g/mol. The molecule has 1 saturated heterocycles. The first-order chi connectivity index (χ1) is 9.00. The van der Waals surface area contributed by atoms with Crippen molar-refractivity contribution in [3.8, 4) is 0 Å². The minimum absolute atomic E-state index is 0.539. The Bertz CT molecular complexity index is 524. The second-order valence-electron chi connectivity index (χ2n) is 4.58. The number of sulfonamides is 1. The van der Waals surface area contributed by atoms with Crippen LogP contribution in [0.15, 0.2) is 18.3 Å². The summed E-state index contributed by atoms with van der Waals surface area (Å²) in [6, 6.07) is 3.95. The van der Waals surface area contributed by atoms with Crippen LogP contribution < -0.4 is 10.2 Å². The number of nitrogens with zero attached hydrogens (tertiary/aromatic N) is 3. The van der Waals surface area contributed by atoms with Gasteiger partial charge in [-0.25, -0.2) is 13.4 Å². The largest absolute Gasteiger partial charge is 0.370 e. The normalized spacial score (nSPS) is 17.5. The molecule has 19 heavy (non-hydrogen) atoms. The predicted octanol–water partition coefficient (Wildman–Crippen LogP) is 0.595. The minimum atomic E-state index is -3.07. The maximum absolute atomic E-state index is 11.5. The first kappa shape index (κ1) is 14.1. The predicted molar refractivity (Wildman–Crippen MR) is 77.0 cm³/mol. The second-order valence-corrected chi connectivity index (χ2v) is 6.56. The molecule has 7 heteroatoms. The van der Waals surface area contributed by atoms with Crippen molar-refractivity contribution in [1.82, 2.24) is 9.29 Å². The molecule has 6 nitrogen and oxygen atoms in total. The number of hydrogen-bond acceptors (Lipinski definition) is 5. The number of pyridine rings is 1. The molecule has 1 N–H and O–H groups in total. The summed E-state index contributed by atoms with van der Waals surface area (Å²) in [5, 5.41) is 3.18. The Kier molecular flexibility index (Phi) is 4.26. The Labute approximate surface area is 114 Å². The van der Waals surface area contributed by atoms with Crippen LogP contribution in [0.2, 0.25) is 0 Å². The van der Waals surface area contributed by atoms with Crippen LogP contribution in [-0.4, -0.2) is 56.7 Å². The van der Waals surface area contributed by atoms with Gasteiger partial charge in [0.15, 0.2) is 0 Å². The number of aromatic nitrogens is 1. The van der Waals surface area contributed by atoms with Gasteiger partial charge in [0.1, 0.15) is 5.82 Å².